The first-order valence-electron chi connectivity index (χ1n) is 21.4. The summed E-state index contributed by atoms with van der Waals surface area (Å²) in [4.78, 5) is 21.3. The maximum absolute atomic E-state index is 9.49. The summed E-state index contributed by atoms with van der Waals surface area (Å²) in [7, 11) is 5.05. The number of hydrogen-bond donors (Lipinski definition) is 1. The number of rotatable bonds is 17. The minimum absolute atomic E-state index is 0.137. The Bertz CT molecular complexity index is 2970. The summed E-state index contributed by atoms with van der Waals surface area (Å²) in [5.74, 6) is 1.62. The van der Waals surface area contributed by atoms with Gasteiger partial charge in [-0.3, -0.25) is 9.13 Å². The second-order valence-corrected chi connectivity index (χ2v) is 29.6. The molecule has 0 aliphatic carbocycles. The lowest BCUT2D eigenvalue weighted by atomic mass is 10.1. The number of hydrogen-bond acceptors (Lipinski definition) is 10. The number of methoxy groups -OCH3 is 2. The standard InChI is InChI=1S/C23H29N7O2Si.C23H30N4O3Si/c1-29-14-19(18-10-17(31-2)6-7-21(18)29)22-11-20-23(25-12-16(27-20)13-26-28-24)30(22)15-32-8-9-33(3,4)5;1-26-13-19(18-10-17(29-2)6-7-21(18)26)22-11-20-23(24-12-16(14-28)25-20)27(22)15-30-8-9-31(3,4)5/h6-7,10-12,14H,8-9,13,15H2,1-5H3;6-7,10-13,28H,8-9,14-15H2,1-5H3. The second kappa shape index (κ2) is 19.4. The van der Waals surface area contributed by atoms with Crippen LogP contribution in [0.15, 0.2) is 78.4 Å². The number of fused-ring (bicyclic) bond motifs is 4. The first-order valence-corrected chi connectivity index (χ1v) is 28.8. The van der Waals surface area contributed by atoms with E-state index in [1.807, 2.05) is 44.4 Å². The summed E-state index contributed by atoms with van der Waals surface area (Å²) < 4.78 is 31.5. The number of aliphatic hydroxyl groups excluding tert-OH is 1. The Morgan fingerprint density at radius 3 is 1.55 bits per heavy atom. The molecule has 0 atom stereocenters. The van der Waals surface area contributed by atoms with Gasteiger partial charge in [0.15, 0.2) is 11.3 Å². The van der Waals surface area contributed by atoms with Gasteiger partial charge < -0.3 is 33.2 Å². The Labute approximate surface area is 375 Å². The van der Waals surface area contributed by atoms with Crippen molar-refractivity contribution in [3.63, 3.8) is 0 Å². The van der Waals surface area contributed by atoms with Crippen LogP contribution in [0.25, 0.3) is 77.1 Å². The molecule has 0 radical (unpaired) electrons. The molecule has 6 aromatic heterocycles. The molecule has 336 valence electrons. The molecule has 16 nitrogen and oxygen atoms in total. The molecule has 8 aromatic rings. The molecule has 2 aromatic carbocycles. The molecular formula is C46H59N11O5Si2. The second-order valence-electron chi connectivity index (χ2n) is 18.4. The highest BCUT2D eigenvalue weighted by Gasteiger charge is 2.21. The molecule has 0 spiro atoms. The van der Waals surface area contributed by atoms with Crippen LogP contribution in [0.1, 0.15) is 11.4 Å². The van der Waals surface area contributed by atoms with Crippen LogP contribution in [0.5, 0.6) is 11.5 Å². The summed E-state index contributed by atoms with van der Waals surface area (Å²) in [5, 5.41) is 15.3. The molecule has 0 fully saturated rings. The van der Waals surface area contributed by atoms with E-state index < -0.39 is 16.1 Å². The third-order valence-electron chi connectivity index (χ3n) is 11.1. The van der Waals surface area contributed by atoms with E-state index in [2.05, 4.69) is 118 Å². The van der Waals surface area contributed by atoms with Crippen molar-refractivity contribution >= 4 is 60.3 Å². The predicted molar refractivity (Wildman–Crippen MR) is 259 cm³/mol. The van der Waals surface area contributed by atoms with Gasteiger partial charge >= 0.3 is 0 Å². The first kappa shape index (κ1) is 46.0. The minimum atomic E-state index is -1.19. The number of azide groups is 1. The summed E-state index contributed by atoms with van der Waals surface area (Å²) in [6, 6.07) is 18.4. The van der Waals surface area contributed by atoms with E-state index in [4.69, 9.17) is 24.5 Å². The van der Waals surface area contributed by atoms with Crippen LogP contribution in [0.2, 0.25) is 51.4 Å². The smallest absolute Gasteiger partial charge is 0.161 e. The lowest BCUT2D eigenvalue weighted by molar-refractivity contribution is 0.0908. The molecule has 0 unspecified atom stereocenters. The molecule has 6 heterocycles. The Balaban J connectivity index is 0.000000192. The maximum atomic E-state index is 9.49. The van der Waals surface area contributed by atoms with Crippen molar-refractivity contribution < 1.29 is 24.1 Å². The van der Waals surface area contributed by atoms with Crippen LogP contribution < -0.4 is 9.47 Å². The zero-order valence-electron chi connectivity index (χ0n) is 38.6. The molecule has 0 bridgehead atoms. The highest BCUT2D eigenvalue weighted by atomic mass is 28.3. The quantitative estimate of drug-likeness (QED) is 0.0306. The SMILES string of the molecule is COc1ccc2c(c1)c(-c1cc3nc(CN=[N+]=[N-])cnc3n1COCC[Si](C)(C)C)cn2C.COc1ccc2c(c1)c(-c1cc3nc(CO)cnc3n1COCC[Si](C)(C)C)cn2C. The molecule has 0 aliphatic heterocycles. The number of benzene rings is 2. The largest absolute Gasteiger partial charge is 0.497 e. The van der Waals surface area contributed by atoms with E-state index in [-0.39, 0.29) is 13.2 Å². The molecule has 8 rings (SSSR count). The molecule has 1 N–H and O–H groups in total. The Hall–Kier alpha value is -6.02. The van der Waals surface area contributed by atoms with Gasteiger partial charge in [0, 0.05) is 93.7 Å². The van der Waals surface area contributed by atoms with Gasteiger partial charge in [0.2, 0.25) is 0 Å². The third kappa shape index (κ3) is 10.3. The lowest BCUT2D eigenvalue weighted by Gasteiger charge is -2.16. The Kier molecular flexibility index (Phi) is 13.9. The van der Waals surface area contributed by atoms with E-state index in [0.717, 1.165) is 96.8 Å². The van der Waals surface area contributed by atoms with Crippen LogP contribution in [-0.2, 0) is 50.2 Å². The van der Waals surface area contributed by atoms with Crippen molar-refractivity contribution in [2.45, 2.75) is 78.0 Å². The van der Waals surface area contributed by atoms with Crippen LogP contribution in [0, 0.1) is 0 Å². The minimum Gasteiger partial charge on any atom is -0.497 e. The first-order chi connectivity index (χ1) is 30.6. The van der Waals surface area contributed by atoms with Crippen LogP contribution >= 0.6 is 0 Å². The molecule has 0 saturated carbocycles. The normalized spacial score (nSPS) is 12.0. The van der Waals surface area contributed by atoms with Crippen molar-refractivity contribution in [1.29, 1.82) is 0 Å². The van der Waals surface area contributed by atoms with E-state index in [0.29, 0.717) is 31.5 Å². The van der Waals surface area contributed by atoms with Gasteiger partial charge in [-0.2, -0.15) is 0 Å². The Morgan fingerprint density at radius 2 is 1.12 bits per heavy atom. The van der Waals surface area contributed by atoms with Crippen molar-refractivity contribution in [3.8, 4) is 34.0 Å². The molecule has 0 aliphatic rings. The Morgan fingerprint density at radius 1 is 0.672 bits per heavy atom. The fourth-order valence-corrected chi connectivity index (χ4v) is 9.07. The van der Waals surface area contributed by atoms with Gasteiger partial charge in [0.1, 0.15) is 36.0 Å². The monoisotopic (exact) mass is 901 g/mol. The van der Waals surface area contributed by atoms with Gasteiger partial charge in [-0.05, 0) is 66.2 Å². The van der Waals surface area contributed by atoms with Crippen molar-refractivity contribution in [2.24, 2.45) is 19.2 Å². The number of ether oxygens (including phenoxy) is 4. The van der Waals surface area contributed by atoms with Gasteiger partial charge in [0.25, 0.3) is 0 Å². The highest BCUT2D eigenvalue weighted by Crippen LogP contribution is 2.37. The van der Waals surface area contributed by atoms with Crippen LogP contribution in [-0.4, -0.2) is 86.9 Å². The average molecular weight is 902 g/mol. The van der Waals surface area contributed by atoms with Gasteiger partial charge in [0.05, 0.1) is 62.5 Å². The average Bonchev–Trinajstić information content (AvgIpc) is 4.01. The topological polar surface area (TPSA) is 177 Å². The number of nitrogens with zero attached hydrogens (tertiary/aromatic N) is 11. The fourth-order valence-electron chi connectivity index (χ4n) is 7.56. The van der Waals surface area contributed by atoms with Crippen LogP contribution in [0.4, 0.5) is 0 Å². The summed E-state index contributed by atoms with van der Waals surface area (Å²) >= 11 is 0. The van der Waals surface area contributed by atoms with Gasteiger partial charge in [-0.25, -0.2) is 19.9 Å². The molecule has 64 heavy (non-hydrogen) atoms. The molecular weight excluding hydrogens is 843 g/mol. The predicted octanol–water partition coefficient (Wildman–Crippen LogP) is 10.1. The summed E-state index contributed by atoms with van der Waals surface area (Å²) in [5.41, 5.74) is 19.1. The molecule has 0 saturated heterocycles. The maximum Gasteiger partial charge on any atom is 0.161 e. The number of aliphatic hydroxyl groups is 1. The van der Waals surface area contributed by atoms with Crippen molar-refractivity contribution in [2.75, 3.05) is 27.4 Å². The van der Waals surface area contributed by atoms with Crippen LogP contribution in [0.3, 0.4) is 0 Å². The van der Waals surface area contributed by atoms with E-state index >= 15 is 0 Å². The molecule has 18 heteroatoms. The molecule has 0 amide bonds. The van der Waals surface area contributed by atoms with Crippen molar-refractivity contribution in [1.82, 2.24) is 38.2 Å². The van der Waals surface area contributed by atoms with Gasteiger partial charge in [-0.1, -0.05) is 44.4 Å². The summed E-state index contributed by atoms with van der Waals surface area (Å²) in [6.07, 6.45) is 7.50. The fraction of sp³-hybridized carbons (Fsp3) is 0.391. The highest BCUT2D eigenvalue weighted by molar-refractivity contribution is 6.76. The van der Waals surface area contributed by atoms with Crippen molar-refractivity contribution in [3.05, 3.63) is 95.1 Å². The van der Waals surface area contributed by atoms with E-state index in [1.54, 1.807) is 26.6 Å². The number of aryl methyl sites for hydroxylation is 2. The zero-order valence-corrected chi connectivity index (χ0v) is 40.6. The van der Waals surface area contributed by atoms with E-state index in [9.17, 15) is 5.11 Å². The lowest BCUT2D eigenvalue weighted by Crippen LogP contribution is -2.22. The number of aromatic nitrogens is 8. The van der Waals surface area contributed by atoms with Gasteiger partial charge in [-0.15, -0.1) is 0 Å². The third-order valence-corrected chi connectivity index (χ3v) is 14.5. The zero-order chi connectivity index (χ0) is 45.8. The van der Waals surface area contributed by atoms with E-state index in [1.165, 1.54) is 0 Å². The summed E-state index contributed by atoms with van der Waals surface area (Å²) in [6.45, 7) is 16.3.